The number of benzene rings is 2. The number of carbonyl (C=O) groups is 1. The van der Waals surface area contributed by atoms with E-state index < -0.39 is 0 Å². The van der Waals surface area contributed by atoms with E-state index in [9.17, 15) is 4.79 Å². The summed E-state index contributed by atoms with van der Waals surface area (Å²) in [5.41, 5.74) is 7.22. The number of hydrazine groups is 1. The zero-order valence-electron chi connectivity index (χ0n) is 16.2. The molecule has 0 aromatic heterocycles. The molecule has 2 aliphatic rings. The fourth-order valence-corrected chi connectivity index (χ4v) is 4.34. The summed E-state index contributed by atoms with van der Waals surface area (Å²) in [5.74, 6) is 0.980. The highest BCUT2D eigenvalue weighted by Crippen LogP contribution is 2.35. The quantitative estimate of drug-likeness (QED) is 0.827. The topological polar surface area (TPSA) is 53.6 Å². The highest BCUT2D eigenvalue weighted by molar-refractivity contribution is 6.30. The van der Waals surface area contributed by atoms with E-state index in [1.807, 2.05) is 43.3 Å². The Kier molecular flexibility index (Phi) is 5.04. The van der Waals surface area contributed by atoms with Gasteiger partial charge in [0.1, 0.15) is 11.9 Å². The summed E-state index contributed by atoms with van der Waals surface area (Å²) in [6.45, 7) is 4.08. The average Bonchev–Trinajstić information content (AvgIpc) is 3.01. The third-order valence-corrected chi connectivity index (χ3v) is 5.80. The number of hydrogen-bond acceptors (Lipinski definition) is 4. The summed E-state index contributed by atoms with van der Waals surface area (Å²) in [4.78, 5) is 13.2. The molecule has 3 unspecified atom stereocenters. The van der Waals surface area contributed by atoms with Crippen molar-refractivity contribution in [2.75, 3.05) is 7.11 Å². The molecule has 146 valence electrons. The van der Waals surface area contributed by atoms with Crippen LogP contribution in [0.15, 0.2) is 59.8 Å². The SMILES string of the molecule is COc1ccc(C2C(C)NN3C(=O)C(Cc4cccc(Cl)c4)=C(C)NC23)cc1. The lowest BCUT2D eigenvalue weighted by molar-refractivity contribution is -0.132. The second-order valence-electron chi connectivity index (χ2n) is 7.39. The molecule has 0 aliphatic carbocycles. The first-order chi connectivity index (χ1) is 13.5. The molecule has 2 N–H and O–H groups in total. The maximum Gasteiger partial charge on any atom is 0.267 e. The third-order valence-electron chi connectivity index (χ3n) is 5.56. The molecular formula is C22H24ClN3O2. The Hall–Kier alpha value is -2.50. The van der Waals surface area contributed by atoms with E-state index >= 15 is 0 Å². The van der Waals surface area contributed by atoms with Crippen LogP contribution < -0.4 is 15.5 Å². The Morgan fingerprint density at radius 3 is 2.61 bits per heavy atom. The summed E-state index contributed by atoms with van der Waals surface area (Å²) in [6, 6.07) is 15.8. The number of ether oxygens (including phenoxy) is 1. The summed E-state index contributed by atoms with van der Waals surface area (Å²) in [5, 5.41) is 5.98. The molecule has 1 saturated heterocycles. The van der Waals surface area contributed by atoms with E-state index in [0.29, 0.717) is 11.4 Å². The van der Waals surface area contributed by atoms with Gasteiger partial charge in [-0.1, -0.05) is 35.9 Å². The van der Waals surface area contributed by atoms with Crippen LogP contribution in [0.25, 0.3) is 0 Å². The molecular weight excluding hydrogens is 374 g/mol. The van der Waals surface area contributed by atoms with Gasteiger partial charge in [0.15, 0.2) is 0 Å². The number of amides is 1. The number of carbonyl (C=O) groups excluding carboxylic acids is 1. The predicted octanol–water partition coefficient (Wildman–Crippen LogP) is 3.61. The lowest BCUT2D eigenvalue weighted by Crippen LogP contribution is -2.54. The standard InChI is InChI=1S/C22H24ClN3O2/c1-13-19(12-15-5-4-6-17(23)11-15)22(27)26-21(24-13)20(14(2)25-26)16-7-9-18(28-3)10-8-16/h4-11,14,20-21,24-25H,12H2,1-3H3. The summed E-state index contributed by atoms with van der Waals surface area (Å²) in [6.07, 6.45) is 0.420. The van der Waals surface area contributed by atoms with Crippen molar-refractivity contribution in [2.24, 2.45) is 0 Å². The van der Waals surface area contributed by atoms with Crippen molar-refractivity contribution >= 4 is 17.5 Å². The number of hydrogen-bond donors (Lipinski definition) is 2. The predicted molar refractivity (Wildman–Crippen MR) is 110 cm³/mol. The van der Waals surface area contributed by atoms with Crippen molar-refractivity contribution in [1.82, 2.24) is 15.8 Å². The first-order valence-corrected chi connectivity index (χ1v) is 9.80. The summed E-state index contributed by atoms with van der Waals surface area (Å²) in [7, 11) is 1.66. The highest BCUT2D eigenvalue weighted by Gasteiger charge is 2.46. The van der Waals surface area contributed by atoms with Crippen LogP contribution in [0.4, 0.5) is 0 Å². The van der Waals surface area contributed by atoms with Crippen LogP contribution in [0.2, 0.25) is 5.02 Å². The van der Waals surface area contributed by atoms with Crippen molar-refractivity contribution in [2.45, 2.75) is 38.4 Å². The Bertz CT molecular complexity index is 926. The van der Waals surface area contributed by atoms with Crippen molar-refractivity contribution in [3.05, 3.63) is 76.0 Å². The van der Waals surface area contributed by atoms with E-state index in [-0.39, 0.29) is 24.0 Å². The fourth-order valence-electron chi connectivity index (χ4n) is 4.12. The molecule has 0 spiro atoms. The molecule has 1 amide bonds. The summed E-state index contributed by atoms with van der Waals surface area (Å²) >= 11 is 6.10. The Balaban J connectivity index is 1.61. The van der Waals surface area contributed by atoms with Gasteiger partial charge >= 0.3 is 0 Å². The molecule has 0 bridgehead atoms. The van der Waals surface area contributed by atoms with E-state index in [0.717, 1.165) is 22.6 Å². The van der Waals surface area contributed by atoms with Crippen molar-refractivity contribution < 1.29 is 9.53 Å². The van der Waals surface area contributed by atoms with Gasteiger partial charge < -0.3 is 10.1 Å². The molecule has 28 heavy (non-hydrogen) atoms. The second-order valence-corrected chi connectivity index (χ2v) is 7.83. The number of rotatable bonds is 4. The third kappa shape index (κ3) is 3.36. The van der Waals surface area contributed by atoms with Crippen LogP contribution >= 0.6 is 11.6 Å². The molecule has 1 fully saturated rings. The molecule has 2 aliphatic heterocycles. The zero-order valence-corrected chi connectivity index (χ0v) is 17.0. The van der Waals surface area contributed by atoms with Gasteiger partial charge in [-0.05, 0) is 49.2 Å². The lowest BCUT2D eigenvalue weighted by Gasteiger charge is -2.35. The number of allylic oxidation sites excluding steroid dienone is 1. The Labute approximate surface area is 170 Å². The van der Waals surface area contributed by atoms with Crippen LogP contribution in [0.5, 0.6) is 5.75 Å². The Morgan fingerprint density at radius 2 is 1.93 bits per heavy atom. The minimum absolute atomic E-state index is 0.0177. The first-order valence-electron chi connectivity index (χ1n) is 9.42. The van der Waals surface area contributed by atoms with E-state index in [4.69, 9.17) is 16.3 Å². The van der Waals surface area contributed by atoms with Crippen molar-refractivity contribution in [3.8, 4) is 5.75 Å². The number of nitrogens with one attached hydrogen (secondary N) is 2. The van der Waals surface area contributed by atoms with Gasteiger partial charge in [0.25, 0.3) is 5.91 Å². The number of fused-ring (bicyclic) bond motifs is 1. The maximum atomic E-state index is 13.2. The minimum Gasteiger partial charge on any atom is -0.497 e. The van der Waals surface area contributed by atoms with Gasteiger partial charge in [-0.3, -0.25) is 9.80 Å². The maximum absolute atomic E-state index is 13.2. The molecule has 0 saturated carbocycles. The van der Waals surface area contributed by atoms with Crippen molar-refractivity contribution in [3.63, 3.8) is 0 Å². The zero-order chi connectivity index (χ0) is 19.8. The van der Waals surface area contributed by atoms with E-state index in [2.05, 4.69) is 29.8 Å². The molecule has 2 aromatic rings. The average molecular weight is 398 g/mol. The van der Waals surface area contributed by atoms with Gasteiger partial charge in [0.2, 0.25) is 0 Å². The molecule has 4 rings (SSSR count). The molecule has 0 radical (unpaired) electrons. The molecule has 3 atom stereocenters. The van der Waals surface area contributed by atoms with Crippen LogP contribution in [-0.4, -0.2) is 30.2 Å². The van der Waals surface area contributed by atoms with Crippen molar-refractivity contribution in [1.29, 1.82) is 0 Å². The van der Waals surface area contributed by atoms with Crippen LogP contribution in [0.1, 0.15) is 30.9 Å². The minimum atomic E-state index is -0.126. The molecule has 5 nitrogen and oxygen atoms in total. The highest BCUT2D eigenvalue weighted by atomic mass is 35.5. The van der Waals surface area contributed by atoms with Crippen LogP contribution in [-0.2, 0) is 11.2 Å². The number of halogens is 1. The largest absolute Gasteiger partial charge is 0.497 e. The Morgan fingerprint density at radius 1 is 1.18 bits per heavy atom. The number of methoxy groups -OCH3 is 1. The summed E-state index contributed by atoms with van der Waals surface area (Å²) < 4.78 is 5.27. The van der Waals surface area contributed by atoms with Gasteiger partial charge in [-0.25, -0.2) is 5.43 Å². The van der Waals surface area contributed by atoms with Gasteiger partial charge in [-0.2, -0.15) is 0 Å². The van der Waals surface area contributed by atoms with Gasteiger partial charge in [0, 0.05) is 34.7 Å². The first kappa shape index (κ1) is 18.8. The fraction of sp³-hybridized carbons (Fsp3) is 0.318. The van der Waals surface area contributed by atoms with E-state index in [1.54, 1.807) is 12.1 Å². The second kappa shape index (κ2) is 7.49. The van der Waals surface area contributed by atoms with Gasteiger partial charge in [-0.15, -0.1) is 0 Å². The molecule has 6 heteroatoms. The van der Waals surface area contributed by atoms with Crippen LogP contribution in [0, 0.1) is 0 Å². The van der Waals surface area contributed by atoms with Gasteiger partial charge in [0.05, 0.1) is 7.11 Å². The molecule has 2 heterocycles. The monoisotopic (exact) mass is 397 g/mol. The normalized spacial score (nSPS) is 24.2. The lowest BCUT2D eigenvalue weighted by atomic mass is 9.89. The smallest absolute Gasteiger partial charge is 0.267 e. The van der Waals surface area contributed by atoms with E-state index in [1.165, 1.54) is 5.56 Å². The van der Waals surface area contributed by atoms with Crippen LogP contribution in [0.3, 0.4) is 0 Å². The number of nitrogens with zero attached hydrogens (tertiary/aromatic N) is 1. The molecule has 2 aromatic carbocycles.